The van der Waals surface area contributed by atoms with Gasteiger partial charge in [0.1, 0.15) is 0 Å². The first-order valence-electron chi connectivity index (χ1n) is 14.4. The van der Waals surface area contributed by atoms with Gasteiger partial charge in [-0.05, 0) is 109 Å². The van der Waals surface area contributed by atoms with E-state index in [2.05, 4.69) is 126 Å². The summed E-state index contributed by atoms with van der Waals surface area (Å²) < 4.78 is 0. The Kier molecular flexibility index (Phi) is 5.97. The maximum Gasteiger partial charge on any atom is 0.0449 e. The Balaban J connectivity index is 1.11. The van der Waals surface area contributed by atoms with Crippen molar-refractivity contribution < 1.29 is 0 Å². The molecular formula is C39H18S6. The number of hydrogen-bond acceptors (Lipinski definition) is 6. The van der Waals surface area contributed by atoms with Gasteiger partial charge in [0.15, 0.2) is 0 Å². The van der Waals surface area contributed by atoms with Gasteiger partial charge in [0.05, 0.1) is 0 Å². The van der Waals surface area contributed by atoms with Gasteiger partial charge < -0.3 is 0 Å². The van der Waals surface area contributed by atoms with Crippen LogP contribution in [0, 0.1) is 0 Å². The Bertz CT molecular complexity index is 2090. The second-order valence-electron chi connectivity index (χ2n) is 10.8. The third-order valence-corrected chi connectivity index (χ3v) is 15.3. The van der Waals surface area contributed by atoms with E-state index in [1.54, 1.807) is 0 Å². The van der Waals surface area contributed by atoms with Crippen LogP contribution in [0.1, 0.15) is 29.3 Å². The first kappa shape index (κ1) is 26.2. The quantitative estimate of drug-likeness (QED) is 0.140. The lowest BCUT2D eigenvalue weighted by Gasteiger charge is -1.93. The number of allylic oxidation sites excluding steroid dienone is 9. The summed E-state index contributed by atoms with van der Waals surface area (Å²) in [6.07, 6.45) is 13.2. The van der Waals surface area contributed by atoms with Crippen molar-refractivity contribution in [1.29, 1.82) is 0 Å². The molecule has 0 amide bonds. The standard InChI is InChI=1S/C39H18S6/c1-2-23-19-22(1)28-7-13-34(40-28)35-15-9-30(42-35)24-3-4-26(20-24)32-11-17-38(44-32)39-18-12-33(45-39)27-6-5-25(21-27)31-10-16-37(43-31)36-14-8-29(23)41-36/h1-18H. The van der Waals surface area contributed by atoms with Gasteiger partial charge >= 0.3 is 0 Å². The third-order valence-electron chi connectivity index (χ3n) is 8.02. The minimum Gasteiger partial charge on any atom is -0.134 e. The summed E-state index contributed by atoms with van der Waals surface area (Å²) in [5.41, 5.74) is 18.0. The molecule has 18 bridgehead atoms. The molecule has 1 aliphatic heterocycles. The topological polar surface area (TPSA) is 0 Å². The van der Waals surface area contributed by atoms with Gasteiger partial charge in [-0.2, -0.15) is 0 Å². The average molecular weight is 679 g/mol. The van der Waals surface area contributed by atoms with Crippen molar-refractivity contribution in [2.24, 2.45) is 0 Å². The molecule has 0 N–H and O–H groups in total. The zero-order valence-corrected chi connectivity index (χ0v) is 28.2. The van der Waals surface area contributed by atoms with Crippen molar-refractivity contribution in [3.05, 3.63) is 156 Å². The summed E-state index contributed by atoms with van der Waals surface area (Å²) in [6.45, 7) is 0. The second-order valence-corrected chi connectivity index (χ2v) is 17.3. The van der Waals surface area contributed by atoms with E-state index >= 15 is 0 Å². The molecule has 0 radical (unpaired) electrons. The van der Waals surface area contributed by atoms with Crippen LogP contribution in [0.3, 0.4) is 0 Å². The van der Waals surface area contributed by atoms with Gasteiger partial charge in [-0.25, -0.2) is 0 Å². The average Bonchev–Trinajstić information content (AvgIpc) is 3.93. The van der Waals surface area contributed by atoms with Crippen LogP contribution >= 0.6 is 68.0 Å². The summed E-state index contributed by atoms with van der Waals surface area (Å²) in [7, 11) is 0. The van der Waals surface area contributed by atoms with E-state index in [4.69, 9.17) is 0 Å². The number of hydrogen-bond donors (Lipinski definition) is 0. The van der Waals surface area contributed by atoms with Crippen molar-refractivity contribution >= 4 is 101 Å². The molecule has 0 fully saturated rings. The Morgan fingerprint density at radius 2 is 0.378 bits per heavy atom. The molecule has 0 saturated heterocycles. The monoisotopic (exact) mass is 678 g/mol. The minimum absolute atomic E-state index is 1.16. The number of fused-ring (bicyclic) bond motifs is 21. The van der Waals surface area contributed by atoms with Gasteiger partial charge in [0, 0.05) is 92.0 Å². The summed E-state index contributed by atoms with van der Waals surface area (Å²) >= 11 is 11.0. The van der Waals surface area contributed by atoms with Crippen LogP contribution in [-0.4, -0.2) is 0 Å². The zero-order valence-electron chi connectivity index (χ0n) is 23.3. The Labute approximate surface area is 284 Å². The summed E-state index contributed by atoms with van der Waals surface area (Å²) in [5, 5.41) is 0. The molecular weight excluding hydrogens is 661 g/mol. The van der Waals surface area contributed by atoms with E-state index in [9.17, 15) is 0 Å². The second kappa shape index (κ2) is 10.3. The van der Waals surface area contributed by atoms with E-state index in [1.807, 2.05) is 68.0 Å². The lowest BCUT2D eigenvalue weighted by molar-refractivity contribution is 1.86. The minimum atomic E-state index is 1.16. The summed E-state index contributed by atoms with van der Waals surface area (Å²) in [6, 6.07) is 26.9. The molecule has 3 aliphatic carbocycles. The van der Waals surface area contributed by atoms with Crippen molar-refractivity contribution in [2.75, 3.05) is 0 Å². The highest BCUT2D eigenvalue weighted by molar-refractivity contribution is 7.24. The van der Waals surface area contributed by atoms with Crippen LogP contribution in [0.25, 0.3) is 62.7 Å². The predicted octanol–water partition coefficient (Wildman–Crippen LogP) is 13.3. The highest BCUT2D eigenvalue weighted by Gasteiger charge is 2.17. The molecule has 0 saturated carbocycles. The van der Waals surface area contributed by atoms with Crippen LogP contribution in [0.4, 0.5) is 0 Å². The molecule has 7 heterocycles. The molecule has 45 heavy (non-hydrogen) atoms. The lowest BCUT2D eigenvalue weighted by atomic mass is 10.2. The third kappa shape index (κ3) is 4.52. The fourth-order valence-electron chi connectivity index (χ4n) is 5.74. The van der Waals surface area contributed by atoms with E-state index in [-0.39, 0.29) is 0 Å². The van der Waals surface area contributed by atoms with Crippen LogP contribution in [-0.2, 0) is 0 Å². The van der Waals surface area contributed by atoms with E-state index < -0.39 is 0 Å². The molecule has 6 aromatic heterocycles. The van der Waals surface area contributed by atoms with Crippen molar-refractivity contribution in [3.63, 3.8) is 0 Å². The Hall–Kier alpha value is -4.02. The zero-order chi connectivity index (χ0) is 29.5. The largest absolute Gasteiger partial charge is 0.134 e. The fourth-order valence-corrected chi connectivity index (χ4v) is 11.9. The molecule has 0 nitrogen and oxygen atoms in total. The van der Waals surface area contributed by atoms with Gasteiger partial charge in [0.25, 0.3) is 0 Å². The molecule has 4 aliphatic rings. The highest BCUT2D eigenvalue weighted by Crippen LogP contribution is 2.44. The Morgan fingerprint density at radius 1 is 0.222 bits per heavy atom. The van der Waals surface area contributed by atoms with Crippen molar-refractivity contribution in [1.82, 2.24) is 0 Å². The molecule has 6 heteroatoms. The molecule has 0 spiro atoms. The van der Waals surface area contributed by atoms with E-state index in [1.165, 1.54) is 58.5 Å². The predicted molar refractivity (Wildman–Crippen MR) is 201 cm³/mol. The van der Waals surface area contributed by atoms with Crippen LogP contribution < -0.4 is 0 Å². The highest BCUT2D eigenvalue weighted by atomic mass is 32.1. The summed E-state index contributed by atoms with van der Waals surface area (Å²) in [4.78, 5) is 15.3. The lowest BCUT2D eigenvalue weighted by Crippen LogP contribution is -1.66. The molecule has 10 rings (SSSR count). The van der Waals surface area contributed by atoms with E-state index in [0.29, 0.717) is 0 Å². The molecule has 6 aromatic rings. The summed E-state index contributed by atoms with van der Waals surface area (Å²) in [5.74, 6) is 0. The maximum atomic E-state index is 3.69. The number of rotatable bonds is 0. The molecule has 0 atom stereocenters. The fraction of sp³-hybridized carbons (Fsp3) is 0. The van der Waals surface area contributed by atoms with E-state index in [0.717, 1.165) is 33.4 Å². The first-order chi connectivity index (χ1) is 22.2. The SMILES string of the molecule is C1=C2C=CC=1c1ccc(s1)-c1ccc(s1)C1=C=C(C=C1)c1ccc(s1)-c1ccc(s1)C1=C=C(C=C1)c1ccc(s1)-c1ccc2s1. The molecule has 0 aromatic carbocycles. The normalized spacial score (nSPS) is 15.5. The first-order valence-corrected chi connectivity index (χ1v) is 19.3. The van der Waals surface area contributed by atoms with Crippen LogP contribution in [0.5, 0.6) is 0 Å². The van der Waals surface area contributed by atoms with Crippen molar-refractivity contribution in [3.8, 4) is 29.3 Å². The van der Waals surface area contributed by atoms with Crippen molar-refractivity contribution in [2.45, 2.75) is 0 Å². The van der Waals surface area contributed by atoms with Gasteiger partial charge in [-0.15, -0.1) is 85.2 Å². The Morgan fingerprint density at radius 3 is 0.556 bits per heavy atom. The van der Waals surface area contributed by atoms with Gasteiger partial charge in [0.2, 0.25) is 0 Å². The van der Waals surface area contributed by atoms with Crippen LogP contribution in [0.2, 0.25) is 0 Å². The van der Waals surface area contributed by atoms with Gasteiger partial charge in [-0.3, -0.25) is 0 Å². The molecule has 0 unspecified atom stereocenters. The molecule has 210 valence electrons. The van der Waals surface area contributed by atoms with Crippen LogP contribution in [0.15, 0.2) is 126 Å². The maximum absolute atomic E-state index is 3.69. The smallest absolute Gasteiger partial charge is 0.0449 e. The number of thiophene rings is 6. The van der Waals surface area contributed by atoms with Gasteiger partial charge in [-0.1, -0.05) is 0 Å².